The maximum atomic E-state index is 13.1. The number of benzene rings is 1. The molecule has 0 spiro atoms. The highest BCUT2D eigenvalue weighted by molar-refractivity contribution is 7.13. The van der Waals surface area contributed by atoms with Gasteiger partial charge in [-0.25, -0.2) is 9.37 Å². The van der Waals surface area contributed by atoms with Gasteiger partial charge in [-0.2, -0.15) is 0 Å². The van der Waals surface area contributed by atoms with Crippen molar-refractivity contribution in [1.29, 1.82) is 0 Å². The summed E-state index contributed by atoms with van der Waals surface area (Å²) in [6.07, 6.45) is 1.72. The molecule has 0 aliphatic rings. The van der Waals surface area contributed by atoms with Crippen LogP contribution in [0.2, 0.25) is 0 Å². The summed E-state index contributed by atoms with van der Waals surface area (Å²) in [6.45, 7) is 1.75. The van der Waals surface area contributed by atoms with Crippen molar-refractivity contribution in [1.82, 2.24) is 4.98 Å². The first kappa shape index (κ1) is 8.38. The molecule has 66 valence electrons. The highest BCUT2D eigenvalue weighted by Gasteiger charge is 2.03. The van der Waals surface area contributed by atoms with Gasteiger partial charge in [0.05, 0.1) is 0 Å². The largest absolute Gasteiger partial charge is 0.245 e. The van der Waals surface area contributed by atoms with Gasteiger partial charge in [-0.05, 0) is 18.6 Å². The van der Waals surface area contributed by atoms with E-state index >= 15 is 0 Å². The Morgan fingerprint density at radius 3 is 2.85 bits per heavy atom. The van der Waals surface area contributed by atoms with Crippen LogP contribution < -0.4 is 0 Å². The highest BCUT2D eigenvalue weighted by Crippen LogP contribution is 2.23. The van der Waals surface area contributed by atoms with Crippen LogP contribution in [0.4, 0.5) is 4.39 Å². The summed E-state index contributed by atoms with van der Waals surface area (Å²) in [5.41, 5.74) is 1.51. The Labute approximate surface area is 79.9 Å². The minimum Gasteiger partial charge on any atom is -0.245 e. The molecule has 0 bridgehead atoms. The number of rotatable bonds is 1. The normalized spacial score (nSPS) is 10.3. The Hall–Kier alpha value is -1.22. The molecular formula is C10H8FNS. The summed E-state index contributed by atoms with van der Waals surface area (Å²) in [7, 11) is 0. The fourth-order valence-electron chi connectivity index (χ4n) is 1.09. The van der Waals surface area contributed by atoms with Crippen LogP contribution >= 0.6 is 11.3 Å². The number of hydrogen-bond donors (Lipinski definition) is 0. The maximum absolute atomic E-state index is 13.1. The van der Waals surface area contributed by atoms with Crippen LogP contribution in [0.15, 0.2) is 29.8 Å². The molecule has 0 saturated carbocycles. The molecule has 0 aliphatic carbocycles. The molecule has 3 heteroatoms. The lowest BCUT2D eigenvalue weighted by atomic mass is 10.1. The quantitative estimate of drug-likeness (QED) is 0.677. The molecule has 0 fully saturated rings. The van der Waals surface area contributed by atoms with Crippen LogP contribution in [-0.2, 0) is 0 Å². The number of aromatic nitrogens is 1. The summed E-state index contributed by atoms with van der Waals surface area (Å²) < 4.78 is 13.1. The van der Waals surface area contributed by atoms with Gasteiger partial charge in [0.25, 0.3) is 0 Å². The molecule has 0 radical (unpaired) electrons. The second kappa shape index (κ2) is 3.26. The second-order valence-corrected chi connectivity index (χ2v) is 3.70. The van der Waals surface area contributed by atoms with Gasteiger partial charge in [0.1, 0.15) is 10.8 Å². The van der Waals surface area contributed by atoms with E-state index in [9.17, 15) is 4.39 Å². The molecule has 2 rings (SSSR count). The van der Waals surface area contributed by atoms with Crippen molar-refractivity contribution in [3.8, 4) is 10.6 Å². The molecule has 1 heterocycles. The molecule has 0 atom stereocenters. The molecule has 1 nitrogen and oxygen atoms in total. The molecule has 0 N–H and O–H groups in total. The van der Waals surface area contributed by atoms with E-state index in [0.717, 1.165) is 10.6 Å². The number of halogens is 1. The van der Waals surface area contributed by atoms with E-state index in [-0.39, 0.29) is 5.82 Å². The number of hydrogen-bond acceptors (Lipinski definition) is 2. The van der Waals surface area contributed by atoms with Crippen molar-refractivity contribution in [3.63, 3.8) is 0 Å². The van der Waals surface area contributed by atoms with Crippen LogP contribution in [0, 0.1) is 12.7 Å². The van der Waals surface area contributed by atoms with Crippen LogP contribution in [0.1, 0.15) is 5.56 Å². The van der Waals surface area contributed by atoms with Gasteiger partial charge in [-0.1, -0.05) is 12.1 Å². The number of thiazole rings is 1. The summed E-state index contributed by atoms with van der Waals surface area (Å²) in [5, 5.41) is 2.74. The molecule has 0 saturated heterocycles. The molecule has 1 aromatic carbocycles. The summed E-state index contributed by atoms with van der Waals surface area (Å²) in [4.78, 5) is 4.11. The van der Waals surface area contributed by atoms with Gasteiger partial charge in [0.2, 0.25) is 0 Å². The molecular weight excluding hydrogens is 185 g/mol. The smallest absolute Gasteiger partial charge is 0.126 e. The highest BCUT2D eigenvalue weighted by atomic mass is 32.1. The topological polar surface area (TPSA) is 12.9 Å². The average molecular weight is 193 g/mol. The molecule has 0 amide bonds. The number of aryl methyl sites for hydroxylation is 1. The van der Waals surface area contributed by atoms with E-state index < -0.39 is 0 Å². The van der Waals surface area contributed by atoms with Gasteiger partial charge in [-0.15, -0.1) is 11.3 Å². The monoisotopic (exact) mass is 193 g/mol. The third-order valence-corrected chi connectivity index (χ3v) is 2.67. The van der Waals surface area contributed by atoms with Crippen molar-refractivity contribution in [2.45, 2.75) is 6.92 Å². The molecule has 0 unspecified atom stereocenters. The zero-order chi connectivity index (χ0) is 9.26. The van der Waals surface area contributed by atoms with Gasteiger partial charge in [0.15, 0.2) is 0 Å². The Balaban J connectivity index is 2.49. The molecule has 2 aromatic rings. The minimum absolute atomic E-state index is 0.173. The molecule has 1 aromatic heterocycles. The zero-order valence-electron chi connectivity index (χ0n) is 7.12. The minimum atomic E-state index is -0.173. The Morgan fingerprint density at radius 1 is 1.38 bits per heavy atom. The average Bonchev–Trinajstić information content (AvgIpc) is 2.62. The van der Waals surface area contributed by atoms with Gasteiger partial charge in [0, 0.05) is 17.1 Å². The summed E-state index contributed by atoms with van der Waals surface area (Å²) in [6, 6.07) is 5.18. The lowest BCUT2D eigenvalue weighted by Crippen LogP contribution is -1.83. The Kier molecular flexibility index (Phi) is 2.10. The maximum Gasteiger partial charge on any atom is 0.126 e. The van der Waals surface area contributed by atoms with Crippen LogP contribution in [-0.4, -0.2) is 4.98 Å². The lowest BCUT2D eigenvalue weighted by Gasteiger charge is -1.98. The van der Waals surface area contributed by atoms with E-state index in [4.69, 9.17) is 0 Å². The van der Waals surface area contributed by atoms with Crippen molar-refractivity contribution in [3.05, 3.63) is 41.2 Å². The second-order valence-electron chi connectivity index (χ2n) is 2.80. The van der Waals surface area contributed by atoms with E-state index in [0.29, 0.717) is 5.56 Å². The van der Waals surface area contributed by atoms with Crippen LogP contribution in [0.3, 0.4) is 0 Å². The first-order valence-electron chi connectivity index (χ1n) is 3.93. The Morgan fingerprint density at radius 2 is 2.23 bits per heavy atom. The predicted molar refractivity (Wildman–Crippen MR) is 52.2 cm³/mol. The van der Waals surface area contributed by atoms with Crippen molar-refractivity contribution in [2.24, 2.45) is 0 Å². The van der Waals surface area contributed by atoms with Crippen LogP contribution in [0.5, 0.6) is 0 Å². The van der Waals surface area contributed by atoms with Crippen LogP contribution in [0.25, 0.3) is 10.6 Å². The third kappa shape index (κ3) is 1.60. The fraction of sp³-hybridized carbons (Fsp3) is 0.100. The van der Waals surface area contributed by atoms with E-state index in [1.54, 1.807) is 19.2 Å². The van der Waals surface area contributed by atoms with E-state index in [2.05, 4.69) is 4.98 Å². The van der Waals surface area contributed by atoms with Crippen molar-refractivity contribution in [2.75, 3.05) is 0 Å². The fourth-order valence-corrected chi connectivity index (χ4v) is 1.73. The summed E-state index contributed by atoms with van der Waals surface area (Å²) in [5.74, 6) is -0.173. The summed E-state index contributed by atoms with van der Waals surface area (Å²) >= 11 is 1.51. The number of nitrogens with zero attached hydrogens (tertiary/aromatic N) is 1. The molecule has 0 aliphatic heterocycles. The van der Waals surface area contributed by atoms with Gasteiger partial charge in [-0.3, -0.25) is 0 Å². The standard InChI is InChI=1S/C10H8FNS/c1-7-2-3-8(6-9(7)11)10-12-4-5-13-10/h2-6H,1H3. The first-order valence-corrected chi connectivity index (χ1v) is 4.81. The van der Waals surface area contributed by atoms with E-state index in [1.165, 1.54) is 17.4 Å². The predicted octanol–water partition coefficient (Wildman–Crippen LogP) is 3.26. The Bertz CT molecular complexity index is 409. The van der Waals surface area contributed by atoms with Gasteiger partial charge >= 0.3 is 0 Å². The zero-order valence-corrected chi connectivity index (χ0v) is 7.94. The van der Waals surface area contributed by atoms with E-state index in [1.807, 2.05) is 11.4 Å². The molecule has 13 heavy (non-hydrogen) atoms. The van der Waals surface area contributed by atoms with Gasteiger partial charge < -0.3 is 0 Å². The van der Waals surface area contributed by atoms with Crippen molar-refractivity contribution >= 4 is 11.3 Å². The first-order chi connectivity index (χ1) is 6.27. The van der Waals surface area contributed by atoms with Crippen molar-refractivity contribution < 1.29 is 4.39 Å². The SMILES string of the molecule is Cc1ccc(-c2nccs2)cc1F. The third-order valence-electron chi connectivity index (χ3n) is 1.85. The lowest BCUT2D eigenvalue weighted by molar-refractivity contribution is 0.619.